The molecule has 0 amide bonds. The third-order valence-electron chi connectivity index (χ3n) is 5.36. The largest absolute Gasteiger partial charge is 0.393 e. The van der Waals surface area contributed by atoms with Gasteiger partial charge >= 0.3 is 0 Å². The van der Waals surface area contributed by atoms with E-state index in [1.807, 2.05) is 54.0 Å². The lowest BCUT2D eigenvalue weighted by Gasteiger charge is -2.30. The maximum Gasteiger partial charge on any atom is 0.154 e. The van der Waals surface area contributed by atoms with Gasteiger partial charge in [0, 0.05) is 16.6 Å². The van der Waals surface area contributed by atoms with Crippen molar-refractivity contribution in [2.45, 2.75) is 51.2 Å². The summed E-state index contributed by atoms with van der Waals surface area (Å²) in [5, 5.41) is 18.6. The number of halogens is 1. The van der Waals surface area contributed by atoms with Crippen molar-refractivity contribution < 1.29 is 5.11 Å². The molecule has 1 aliphatic carbocycles. The van der Waals surface area contributed by atoms with Gasteiger partial charge < -0.3 is 10.4 Å². The zero-order valence-corrected chi connectivity index (χ0v) is 16.2. The second kappa shape index (κ2) is 7.87. The molecular weight excluding hydrogens is 360 g/mol. The minimum atomic E-state index is -0.199. The van der Waals surface area contributed by atoms with Crippen LogP contribution in [0.25, 0.3) is 16.9 Å². The van der Waals surface area contributed by atoms with E-state index in [1.54, 1.807) is 0 Å². The van der Waals surface area contributed by atoms with Gasteiger partial charge in [-0.2, -0.15) is 0 Å². The number of aliphatic hydroxyl groups excluding tert-OH is 1. The molecule has 2 heterocycles. The number of hydrogen-bond acceptors (Lipinski definition) is 4. The summed E-state index contributed by atoms with van der Waals surface area (Å²) < 4.78 is 1.87. The summed E-state index contributed by atoms with van der Waals surface area (Å²) in [6, 6.07) is 12.1. The van der Waals surface area contributed by atoms with Gasteiger partial charge in [0.2, 0.25) is 0 Å². The van der Waals surface area contributed by atoms with Crippen LogP contribution in [0.1, 0.15) is 39.0 Å². The van der Waals surface area contributed by atoms with Gasteiger partial charge in [-0.1, -0.05) is 23.7 Å². The fourth-order valence-corrected chi connectivity index (χ4v) is 4.22. The predicted octanol–water partition coefficient (Wildman–Crippen LogP) is 4.79. The van der Waals surface area contributed by atoms with Gasteiger partial charge in [0.15, 0.2) is 5.65 Å². The number of nitrogens with one attached hydrogen (secondary N) is 1. The Bertz CT molecular complexity index is 915. The van der Waals surface area contributed by atoms with Gasteiger partial charge in [0.1, 0.15) is 5.82 Å². The number of aliphatic hydroxyl groups is 1. The number of imidazole rings is 1. The zero-order valence-electron chi connectivity index (χ0n) is 15.5. The number of anilines is 1. The predicted molar refractivity (Wildman–Crippen MR) is 109 cm³/mol. The van der Waals surface area contributed by atoms with Gasteiger partial charge in [-0.15, -0.1) is 5.10 Å². The van der Waals surface area contributed by atoms with E-state index < -0.39 is 0 Å². The van der Waals surface area contributed by atoms with Crippen molar-refractivity contribution in [2.24, 2.45) is 5.92 Å². The summed E-state index contributed by atoms with van der Waals surface area (Å²) in [5.74, 6) is 1.50. The molecule has 1 aromatic carbocycles. The minimum Gasteiger partial charge on any atom is -0.393 e. The first-order valence-electron chi connectivity index (χ1n) is 9.64. The van der Waals surface area contributed by atoms with Crippen molar-refractivity contribution in [2.75, 3.05) is 5.32 Å². The third-order valence-corrected chi connectivity index (χ3v) is 5.59. The van der Waals surface area contributed by atoms with Crippen LogP contribution in [-0.2, 0) is 0 Å². The van der Waals surface area contributed by atoms with Gasteiger partial charge in [0.05, 0.1) is 18.0 Å². The highest BCUT2D eigenvalue weighted by Gasteiger charge is 2.22. The van der Waals surface area contributed by atoms with E-state index in [4.69, 9.17) is 16.7 Å². The van der Waals surface area contributed by atoms with Crippen LogP contribution in [0.5, 0.6) is 0 Å². The molecule has 142 valence electrons. The molecule has 27 heavy (non-hydrogen) atoms. The molecule has 1 fully saturated rings. The molecule has 2 aromatic heterocycles. The Labute approximate surface area is 164 Å². The highest BCUT2D eigenvalue weighted by molar-refractivity contribution is 6.30. The average molecular weight is 385 g/mol. The fraction of sp³-hybridized carbons (Fsp3) is 0.429. The minimum absolute atomic E-state index is 0.199. The Morgan fingerprint density at radius 3 is 2.78 bits per heavy atom. The molecule has 0 radical (unpaired) electrons. The Morgan fingerprint density at radius 2 is 2.04 bits per heavy atom. The molecule has 0 bridgehead atoms. The third kappa shape index (κ3) is 4.25. The zero-order chi connectivity index (χ0) is 18.8. The summed E-state index contributed by atoms with van der Waals surface area (Å²) >= 11 is 6.14. The molecule has 5 nitrogen and oxygen atoms in total. The van der Waals surface area contributed by atoms with Crippen molar-refractivity contribution in [3.63, 3.8) is 0 Å². The van der Waals surface area contributed by atoms with Crippen LogP contribution in [0.4, 0.5) is 5.82 Å². The van der Waals surface area contributed by atoms with Crippen LogP contribution in [-0.4, -0.2) is 31.9 Å². The van der Waals surface area contributed by atoms with Crippen LogP contribution in [0.3, 0.4) is 0 Å². The van der Waals surface area contributed by atoms with E-state index in [-0.39, 0.29) is 6.10 Å². The number of benzene rings is 1. The molecule has 0 saturated heterocycles. The molecule has 1 unspecified atom stereocenters. The highest BCUT2D eigenvalue weighted by Crippen LogP contribution is 2.30. The maximum atomic E-state index is 9.58. The maximum absolute atomic E-state index is 9.58. The molecule has 3 aromatic rings. The summed E-state index contributed by atoms with van der Waals surface area (Å²) in [4.78, 5) is 4.46. The summed E-state index contributed by atoms with van der Waals surface area (Å²) in [5.41, 5.74) is 2.74. The standard InChI is InChI=1S/C21H25ClN4O/c1-14(27)11-15-5-7-18(8-6-15)24-20-9-10-21-23-13-19(26(21)25-20)16-3-2-4-17(22)12-16/h2-4,9-10,12-15,18,27H,5-8,11H2,1H3,(H,24,25)/t14?,15-,18-. The molecule has 2 N–H and O–H groups in total. The SMILES string of the molecule is CC(O)C[C@H]1CC[C@H](Nc2ccc3ncc(-c4cccc(Cl)c4)n3n2)CC1. The molecule has 0 spiro atoms. The second-order valence-electron chi connectivity index (χ2n) is 7.59. The van der Waals surface area contributed by atoms with Crippen molar-refractivity contribution in [1.82, 2.24) is 14.6 Å². The molecule has 4 rings (SSSR count). The lowest BCUT2D eigenvalue weighted by molar-refractivity contribution is 0.145. The molecule has 1 atom stereocenters. The second-order valence-corrected chi connectivity index (χ2v) is 8.03. The Kier molecular flexibility index (Phi) is 5.32. The van der Waals surface area contributed by atoms with Gasteiger partial charge in [-0.05, 0) is 69.2 Å². The van der Waals surface area contributed by atoms with Crippen molar-refractivity contribution >= 4 is 23.1 Å². The van der Waals surface area contributed by atoms with Crippen molar-refractivity contribution in [3.05, 3.63) is 47.6 Å². The monoisotopic (exact) mass is 384 g/mol. The van der Waals surface area contributed by atoms with E-state index in [2.05, 4.69) is 10.3 Å². The average Bonchev–Trinajstić information content (AvgIpc) is 3.06. The first-order chi connectivity index (χ1) is 13.1. The van der Waals surface area contributed by atoms with Crippen LogP contribution in [0, 0.1) is 5.92 Å². The van der Waals surface area contributed by atoms with Gasteiger partial charge in [-0.3, -0.25) is 0 Å². The van der Waals surface area contributed by atoms with Gasteiger partial charge in [0.25, 0.3) is 0 Å². The van der Waals surface area contributed by atoms with Crippen LogP contribution in [0.15, 0.2) is 42.6 Å². The molecule has 1 aliphatic rings. The lowest BCUT2D eigenvalue weighted by atomic mass is 9.83. The Morgan fingerprint density at radius 1 is 1.22 bits per heavy atom. The highest BCUT2D eigenvalue weighted by atomic mass is 35.5. The van der Waals surface area contributed by atoms with Crippen LogP contribution >= 0.6 is 11.6 Å². The lowest BCUT2D eigenvalue weighted by Crippen LogP contribution is -2.28. The summed E-state index contributed by atoms with van der Waals surface area (Å²) in [6.07, 6.45) is 7.08. The number of nitrogens with zero attached hydrogens (tertiary/aromatic N) is 3. The summed E-state index contributed by atoms with van der Waals surface area (Å²) in [6.45, 7) is 1.88. The Balaban J connectivity index is 1.50. The van der Waals surface area contributed by atoms with E-state index in [1.165, 1.54) is 0 Å². The van der Waals surface area contributed by atoms with E-state index >= 15 is 0 Å². The molecule has 0 aliphatic heterocycles. The smallest absolute Gasteiger partial charge is 0.154 e. The number of aromatic nitrogens is 3. The van der Waals surface area contributed by atoms with Crippen LogP contribution < -0.4 is 5.32 Å². The molecule has 1 saturated carbocycles. The van der Waals surface area contributed by atoms with Gasteiger partial charge in [-0.25, -0.2) is 9.50 Å². The Hall–Kier alpha value is -2.11. The first kappa shape index (κ1) is 18.3. The topological polar surface area (TPSA) is 62.5 Å². The normalized spacial score (nSPS) is 21.3. The summed E-state index contributed by atoms with van der Waals surface area (Å²) in [7, 11) is 0. The van der Waals surface area contributed by atoms with E-state index in [0.29, 0.717) is 17.0 Å². The van der Waals surface area contributed by atoms with Crippen LogP contribution in [0.2, 0.25) is 5.02 Å². The molecule has 6 heteroatoms. The number of hydrogen-bond donors (Lipinski definition) is 2. The number of fused-ring (bicyclic) bond motifs is 1. The quantitative estimate of drug-likeness (QED) is 0.663. The van der Waals surface area contributed by atoms with Crippen molar-refractivity contribution in [1.29, 1.82) is 0 Å². The fourth-order valence-electron chi connectivity index (χ4n) is 4.03. The first-order valence-corrected chi connectivity index (χ1v) is 10.0. The van der Waals surface area contributed by atoms with E-state index in [0.717, 1.165) is 54.8 Å². The molecular formula is C21H25ClN4O. The van der Waals surface area contributed by atoms with Crippen molar-refractivity contribution in [3.8, 4) is 11.3 Å². The number of rotatable bonds is 5. The van der Waals surface area contributed by atoms with E-state index in [9.17, 15) is 5.11 Å².